The van der Waals surface area contributed by atoms with Crippen LogP contribution in [0.2, 0.25) is 5.02 Å². The van der Waals surface area contributed by atoms with E-state index in [0.29, 0.717) is 6.42 Å². The van der Waals surface area contributed by atoms with E-state index < -0.39 is 22.5 Å². The van der Waals surface area contributed by atoms with Gasteiger partial charge >= 0.3 is 0 Å². The zero-order chi connectivity index (χ0) is 11.0. The molecule has 0 bridgehead atoms. The van der Waals surface area contributed by atoms with Gasteiger partial charge in [0.1, 0.15) is 10.8 Å². The van der Waals surface area contributed by atoms with Crippen molar-refractivity contribution in [2.75, 3.05) is 6.54 Å². The van der Waals surface area contributed by atoms with Gasteiger partial charge in [-0.25, -0.2) is 13.2 Å². The fourth-order valence-corrected chi connectivity index (χ4v) is 1.99. The van der Waals surface area contributed by atoms with Crippen molar-refractivity contribution in [3.8, 4) is 0 Å². The van der Waals surface area contributed by atoms with Crippen LogP contribution in [0.4, 0.5) is 13.2 Å². The summed E-state index contributed by atoms with van der Waals surface area (Å²) in [5.74, 6) is -3.30. The number of halogens is 4. The normalized spacial score (nSPS) is 20.9. The molecular formula is C10H9ClF3N. The second-order valence-electron chi connectivity index (χ2n) is 3.54. The lowest BCUT2D eigenvalue weighted by molar-refractivity contribution is 0.480. The molecule has 1 aliphatic rings. The molecule has 1 fully saturated rings. The van der Waals surface area contributed by atoms with E-state index in [-0.39, 0.29) is 11.6 Å². The predicted molar refractivity (Wildman–Crippen MR) is 51.3 cm³/mol. The lowest BCUT2D eigenvalue weighted by Crippen LogP contribution is -2.15. The van der Waals surface area contributed by atoms with Crippen molar-refractivity contribution in [2.24, 2.45) is 0 Å². The van der Waals surface area contributed by atoms with Crippen molar-refractivity contribution in [1.82, 2.24) is 5.32 Å². The molecule has 1 N–H and O–H groups in total. The van der Waals surface area contributed by atoms with Crippen molar-refractivity contribution >= 4 is 11.6 Å². The molecule has 0 aromatic heterocycles. The first-order chi connectivity index (χ1) is 7.11. The second-order valence-corrected chi connectivity index (χ2v) is 3.92. The molecular weight excluding hydrogens is 227 g/mol. The molecule has 1 unspecified atom stereocenters. The fourth-order valence-electron chi connectivity index (χ4n) is 1.79. The van der Waals surface area contributed by atoms with Crippen LogP contribution in [0.3, 0.4) is 0 Å². The summed E-state index contributed by atoms with van der Waals surface area (Å²) in [7, 11) is 0. The first kappa shape index (κ1) is 10.8. The Morgan fingerprint density at radius 3 is 2.60 bits per heavy atom. The topological polar surface area (TPSA) is 12.0 Å². The molecule has 0 saturated carbocycles. The molecule has 0 aliphatic carbocycles. The summed E-state index contributed by atoms with van der Waals surface area (Å²) in [6.45, 7) is 0.751. The largest absolute Gasteiger partial charge is 0.310 e. The third-order valence-electron chi connectivity index (χ3n) is 2.57. The molecule has 2 rings (SSSR count). The lowest BCUT2D eigenvalue weighted by atomic mass is 10.0. The van der Waals surface area contributed by atoms with Crippen LogP contribution in [0, 0.1) is 17.5 Å². The SMILES string of the molecule is Fc1cc(C2CCCN2)c(F)c(Cl)c1F. The van der Waals surface area contributed by atoms with Crippen LogP contribution in [0.5, 0.6) is 0 Å². The third kappa shape index (κ3) is 1.84. The Labute approximate surface area is 90.2 Å². The van der Waals surface area contributed by atoms with Gasteiger partial charge in [-0.15, -0.1) is 0 Å². The van der Waals surface area contributed by atoms with E-state index in [1.165, 1.54) is 0 Å². The van der Waals surface area contributed by atoms with Gasteiger partial charge in [-0.2, -0.15) is 0 Å². The monoisotopic (exact) mass is 235 g/mol. The van der Waals surface area contributed by atoms with Crippen molar-refractivity contribution in [2.45, 2.75) is 18.9 Å². The minimum atomic E-state index is -1.32. The highest BCUT2D eigenvalue weighted by atomic mass is 35.5. The molecule has 1 aromatic carbocycles. The van der Waals surface area contributed by atoms with Gasteiger partial charge < -0.3 is 5.32 Å². The predicted octanol–water partition coefficient (Wildman–Crippen LogP) is 3.18. The van der Waals surface area contributed by atoms with Crippen LogP contribution in [0.1, 0.15) is 24.4 Å². The molecule has 1 atom stereocenters. The van der Waals surface area contributed by atoms with Crippen LogP contribution >= 0.6 is 11.6 Å². The van der Waals surface area contributed by atoms with Crippen LogP contribution in [0.15, 0.2) is 6.07 Å². The Kier molecular flexibility index (Phi) is 2.89. The Bertz CT molecular complexity index is 389. The maximum Gasteiger partial charge on any atom is 0.180 e. The summed E-state index contributed by atoms with van der Waals surface area (Å²) in [4.78, 5) is 0. The number of benzene rings is 1. The number of hydrogen-bond donors (Lipinski definition) is 1. The van der Waals surface area contributed by atoms with Crippen molar-refractivity contribution in [1.29, 1.82) is 0 Å². The second kappa shape index (κ2) is 4.02. The van der Waals surface area contributed by atoms with Crippen LogP contribution in [-0.2, 0) is 0 Å². The van der Waals surface area contributed by atoms with Gasteiger partial charge in [0.05, 0.1) is 0 Å². The minimum absolute atomic E-state index is 0.108. The standard InChI is InChI=1S/C10H9ClF3N/c11-8-9(13)5(4-6(12)10(8)14)7-2-1-3-15-7/h4,7,15H,1-3H2. The lowest BCUT2D eigenvalue weighted by Gasteiger charge is -2.13. The van der Waals surface area contributed by atoms with Gasteiger partial charge in [0.2, 0.25) is 0 Å². The van der Waals surface area contributed by atoms with Gasteiger partial charge in [0, 0.05) is 11.6 Å². The van der Waals surface area contributed by atoms with Crippen molar-refractivity contribution < 1.29 is 13.2 Å². The average molecular weight is 236 g/mol. The molecule has 0 radical (unpaired) electrons. The summed E-state index contributed by atoms with van der Waals surface area (Å²) < 4.78 is 39.4. The molecule has 82 valence electrons. The molecule has 5 heteroatoms. The van der Waals surface area contributed by atoms with Crippen molar-refractivity contribution in [3.63, 3.8) is 0 Å². The number of rotatable bonds is 1. The molecule has 1 nitrogen and oxygen atoms in total. The Morgan fingerprint density at radius 2 is 2.00 bits per heavy atom. The van der Waals surface area contributed by atoms with Gasteiger partial charge in [-0.05, 0) is 25.5 Å². The number of hydrogen-bond acceptors (Lipinski definition) is 1. The highest BCUT2D eigenvalue weighted by molar-refractivity contribution is 6.31. The van der Waals surface area contributed by atoms with Gasteiger partial charge in [0.25, 0.3) is 0 Å². The molecule has 0 amide bonds. The van der Waals surface area contributed by atoms with E-state index in [0.717, 1.165) is 19.0 Å². The fraction of sp³-hybridized carbons (Fsp3) is 0.400. The maximum absolute atomic E-state index is 13.5. The maximum atomic E-state index is 13.5. The third-order valence-corrected chi connectivity index (χ3v) is 2.90. The Balaban J connectivity index is 2.47. The van der Waals surface area contributed by atoms with E-state index in [9.17, 15) is 13.2 Å². The van der Waals surface area contributed by atoms with E-state index in [4.69, 9.17) is 11.6 Å². The molecule has 1 aromatic rings. The zero-order valence-electron chi connectivity index (χ0n) is 7.79. The number of nitrogens with one attached hydrogen (secondary N) is 1. The first-order valence-electron chi connectivity index (χ1n) is 4.67. The zero-order valence-corrected chi connectivity index (χ0v) is 8.54. The van der Waals surface area contributed by atoms with Crippen LogP contribution < -0.4 is 5.32 Å². The van der Waals surface area contributed by atoms with E-state index in [2.05, 4.69) is 5.32 Å². The first-order valence-corrected chi connectivity index (χ1v) is 5.05. The molecule has 1 heterocycles. The highest BCUT2D eigenvalue weighted by Crippen LogP contribution is 2.31. The van der Waals surface area contributed by atoms with Crippen molar-refractivity contribution in [3.05, 3.63) is 34.1 Å². The van der Waals surface area contributed by atoms with Gasteiger partial charge in [-0.1, -0.05) is 11.6 Å². The van der Waals surface area contributed by atoms with Crippen LogP contribution in [-0.4, -0.2) is 6.54 Å². The highest BCUT2D eigenvalue weighted by Gasteiger charge is 2.24. The quantitative estimate of drug-likeness (QED) is 0.582. The molecule has 15 heavy (non-hydrogen) atoms. The average Bonchev–Trinajstić information content (AvgIpc) is 2.73. The van der Waals surface area contributed by atoms with E-state index in [1.807, 2.05) is 0 Å². The van der Waals surface area contributed by atoms with Gasteiger partial charge in [-0.3, -0.25) is 0 Å². The van der Waals surface area contributed by atoms with Crippen LogP contribution in [0.25, 0.3) is 0 Å². The summed E-state index contributed by atoms with van der Waals surface area (Å²) in [5, 5.41) is 2.23. The van der Waals surface area contributed by atoms with Gasteiger partial charge in [0.15, 0.2) is 11.6 Å². The summed E-state index contributed by atoms with van der Waals surface area (Å²) in [6.07, 6.45) is 1.60. The summed E-state index contributed by atoms with van der Waals surface area (Å²) >= 11 is 5.35. The Hall–Kier alpha value is -0.740. The smallest absolute Gasteiger partial charge is 0.180 e. The Morgan fingerprint density at radius 1 is 1.27 bits per heavy atom. The summed E-state index contributed by atoms with van der Waals surface area (Å²) in [5.41, 5.74) is 0.108. The molecule has 0 spiro atoms. The van der Waals surface area contributed by atoms with E-state index >= 15 is 0 Å². The summed E-state index contributed by atoms with van der Waals surface area (Å²) in [6, 6.07) is 0.608. The molecule has 1 aliphatic heterocycles. The molecule has 1 saturated heterocycles. The van der Waals surface area contributed by atoms with E-state index in [1.54, 1.807) is 0 Å². The minimum Gasteiger partial charge on any atom is -0.310 e.